The van der Waals surface area contributed by atoms with E-state index in [4.69, 9.17) is 5.21 Å². The molecule has 0 bridgehead atoms. The highest BCUT2D eigenvalue weighted by Gasteiger charge is 2.21. The second-order valence-corrected chi connectivity index (χ2v) is 1.77. The average Bonchev–Trinajstić information content (AvgIpc) is 1.98. The molecule has 1 N–H and O–H groups in total. The largest absolute Gasteiger partial charge is 0.281 e. The maximum atomic E-state index is 10.4. The van der Waals surface area contributed by atoms with Crippen molar-refractivity contribution in [1.82, 2.24) is 5.06 Å². The number of hydroxylamine groups is 2. The lowest BCUT2D eigenvalue weighted by Gasteiger charge is -2.03. The van der Waals surface area contributed by atoms with Crippen LogP contribution in [0.25, 0.3) is 0 Å². The van der Waals surface area contributed by atoms with Crippen molar-refractivity contribution in [2.75, 3.05) is 0 Å². The molecule has 0 saturated carbocycles. The number of hydrogen-bond acceptors (Lipinski definition) is 2. The van der Waals surface area contributed by atoms with Crippen molar-refractivity contribution in [2.24, 2.45) is 0 Å². The van der Waals surface area contributed by atoms with Crippen LogP contribution in [-0.4, -0.2) is 16.2 Å². The molecular formula is C5H7NO2. The number of allylic oxidation sites excluding steroid dienone is 1. The molecule has 1 fully saturated rings. The smallest absolute Gasteiger partial charge is 0.250 e. The average molecular weight is 113 g/mol. The molecular weight excluding hydrogens is 106 g/mol. The number of rotatable bonds is 0. The molecule has 0 aromatic heterocycles. The van der Waals surface area contributed by atoms with Gasteiger partial charge in [-0.2, -0.15) is 5.06 Å². The molecule has 1 aliphatic rings. The Kier molecular flexibility index (Phi) is 1.06. The summed E-state index contributed by atoms with van der Waals surface area (Å²) in [6.07, 6.45) is 0.991. The van der Waals surface area contributed by atoms with E-state index in [1.807, 2.05) is 0 Å². The molecule has 0 unspecified atom stereocenters. The van der Waals surface area contributed by atoms with Crippen molar-refractivity contribution >= 4 is 5.91 Å². The second kappa shape index (κ2) is 1.59. The maximum absolute atomic E-state index is 10.4. The Morgan fingerprint density at radius 2 is 2.25 bits per heavy atom. The number of carbonyl (C=O) groups is 1. The number of carbonyl (C=O) groups excluding carboxylic acids is 1. The van der Waals surface area contributed by atoms with Crippen LogP contribution in [0.1, 0.15) is 12.8 Å². The van der Waals surface area contributed by atoms with Gasteiger partial charge in [0.2, 0.25) is 0 Å². The zero-order valence-electron chi connectivity index (χ0n) is 4.42. The third-order valence-corrected chi connectivity index (χ3v) is 1.16. The van der Waals surface area contributed by atoms with Crippen LogP contribution in [0.2, 0.25) is 0 Å². The third kappa shape index (κ3) is 0.607. The van der Waals surface area contributed by atoms with Gasteiger partial charge in [0.05, 0.1) is 0 Å². The predicted molar refractivity (Wildman–Crippen MR) is 27.0 cm³/mol. The molecule has 1 amide bonds. The van der Waals surface area contributed by atoms with Gasteiger partial charge in [-0.05, 0) is 6.42 Å². The molecule has 1 heterocycles. The molecule has 0 radical (unpaired) electrons. The van der Waals surface area contributed by atoms with Crippen molar-refractivity contribution in [1.29, 1.82) is 0 Å². The van der Waals surface area contributed by atoms with Gasteiger partial charge in [-0.15, -0.1) is 0 Å². The first kappa shape index (κ1) is 5.31. The Morgan fingerprint density at radius 1 is 1.62 bits per heavy atom. The van der Waals surface area contributed by atoms with Gasteiger partial charge in [-0.1, -0.05) is 6.58 Å². The van der Waals surface area contributed by atoms with Crippen LogP contribution >= 0.6 is 0 Å². The minimum absolute atomic E-state index is 0.255. The fraction of sp³-hybridized carbons (Fsp3) is 0.400. The lowest BCUT2D eigenvalue weighted by atomic mass is 10.3. The van der Waals surface area contributed by atoms with Gasteiger partial charge in [0.25, 0.3) is 5.91 Å². The Hall–Kier alpha value is -0.830. The van der Waals surface area contributed by atoms with Gasteiger partial charge in [0.1, 0.15) is 0 Å². The molecule has 0 spiro atoms. The summed E-state index contributed by atoms with van der Waals surface area (Å²) < 4.78 is 0. The Bertz CT molecular complexity index is 125. The number of hydrogen-bond donors (Lipinski definition) is 1. The van der Waals surface area contributed by atoms with E-state index in [2.05, 4.69) is 6.58 Å². The molecule has 3 nitrogen and oxygen atoms in total. The van der Waals surface area contributed by atoms with Gasteiger partial charge in [0.15, 0.2) is 0 Å². The fourth-order valence-corrected chi connectivity index (χ4v) is 0.639. The zero-order chi connectivity index (χ0) is 6.15. The molecule has 0 atom stereocenters. The third-order valence-electron chi connectivity index (χ3n) is 1.16. The minimum Gasteiger partial charge on any atom is -0.281 e. The summed E-state index contributed by atoms with van der Waals surface area (Å²) in [6.45, 7) is 3.44. The number of amides is 1. The normalized spacial score (nSPS) is 20.4. The van der Waals surface area contributed by atoms with Gasteiger partial charge in [0, 0.05) is 12.1 Å². The highest BCUT2D eigenvalue weighted by atomic mass is 16.5. The lowest BCUT2D eigenvalue weighted by Crippen LogP contribution is -2.17. The van der Waals surface area contributed by atoms with Gasteiger partial charge in [-0.3, -0.25) is 10.0 Å². The summed E-state index contributed by atoms with van der Waals surface area (Å²) in [5.74, 6) is -0.255. The predicted octanol–water partition coefficient (Wildman–Crippen LogP) is 0.512. The van der Waals surface area contributed by atoms with Crippen molar-refractivity contribution in [2.45, 2.75) is 12.8 Å². The first-order valence-corrected chi connectivity index (χ1v) is 2.41. The van der Waals surface area contributed by atoms with E-state index < -0.39 is 0 Å². The summed E-state index contributed by atoms with van der Waals surface area (Å²) in [4.78, 5) is 10.4. The molecule has 1 aliphatic heterocycles. The molecule has 44 valence electrons. The fourth-order valence-electron chi connectivity index (χ4n) is 0.639. The summed E-state index contributed by atoms with van der Waals surface area (Å²) in [5.41, 5.74) is 0.495. The topological polar surface area (TPSA) is 40.5 Å². The number of nitrogens with zero attached hydrogens (tertiary/aromatic N) is 1. The highest BCUT2D eigenvalue weighted by Crippen LogP contribution is 2.16. The highest BCUT2D eigenvalue weighted by molar-refractivity contribution is 5.79. The molecule has 0 aromatic carbocycles. The van der Waals surface area contributed by atoms with E-state index in [-0.39, 0.29) is 5.91 Å². The minimum atomic E-state index is -0.255. The molecule has 0 aliphatic carbocycles. The first-order valence-electron chi connectivity index (χ1n) is 2.41. The van der Waals surface area contributed by atoms with Crippen LogP contribution in [0.4, 0.5) is 0 Å². The Morgan fingerprint density at radius 3 is 2.38 bits per heavy atom. The van der Waals surface area contributed by atoms with E-state index in [1.54, 1.807) is 0 Å². The van der Waals surface area contributed by atoms with Gasteiger partial charge >= 0.3 is 0 Å². The molecule has 1 saturated heterocycles. The van der Waals surface area contributed by atoms with Crippen LogP contribution in [0.15, 0.2) is 12.3 Å². The summed E-state index contributed by atoms with van der Waals surface area (Å²) in [7, 11) is 0. The van der Waals surface area contributed by atoms with Crippen LogP contribution < -0.4 is 0 Å². The van der Waals surface area contributed by atoms with Crippen LogP contribution in [-0.2, 0) is 4.79 Å². The monoisotopic (exact) mass is 113 g/mol. The van der Waals surface area contributed by atoms with E-state index >= 15 is 0 Å². The van der Waals surface area contributed by atoms with Crippen molar-refractivity contribution < 1.29 is 10.0 Å². The quantitative estimate of drug-likeness (QED) is 0.465. The maximum Gasteiger partial charge on any atom is 0.250 e. The van der Waals surface area contributed by atoms with Crippen LogP contribution in [0, 0.1) is 0 Å². The summed E-state index contributed by atoms with van der Waals surface area (Å²) >= 11 is 0. The van der Waals surface area contributed by atoms with Gasteiger partial charge in [-0.25, -0.2) is 0 Å². The first-order chi connectivity index (χ1) is 3.72. The molecule has 3 heteroatoms. The van der Waals surface area contributed by atoms with Crippen LogP contribution in [0.5, 0.6) is 0 Å². The van der Waals surface area contributed by atoms with E-state index in [0.29, 0.717) is 23.6 Å². The van der Waals surface area contributed by atoms with E-state index in [0.717, 1.165) is 0 Å². The van der Waals surface area contributed by atoms with Crippen molar-refractivity contribution in [3.63, 3.8) is 0 Å². The Balaban J connectivity index is 2.70. The molecule has 0 aromatic rings. The van der Waals surface area contributed by atoms with Crippen LogP contribution in [0.3, 0.4) is 0 Å². The lowest BCUT2D eigenvalue weighted by molar-refractivity contribution is -0.151. The molecule has 8 heavy (non-hydrogen) atoms. The molecule has 1 rings (SSSR count). The van der Waals surface area contributed by atoms with Gasteiger partial charge < -0.3 is 0 Å². The van der Waals surface area contributed by atoms with E-state index in [9.17, 15) is 4.79 Å². The Labute approximate surface area is 47.2 Å². The van der Waals surface area contributed by atoms with E-state index in [1.165, 1.54) is 0 Å². The second-order valence-electron chi connectivity index (χ2n) is 1.77. The zero-order valence-corrected chi connectivity index (χ0v) is 4.42. The summed E-state index contributed by atoms with van der Waals surface area (Å²) in [5, 5.41) is 9.26. The van der Waals surface area contributed by atoms with Crippen molar-refractivity contribution in [3.05, 3.63) is 12.3 Å². The standard InChI is InChI=1S/C5H7NO2/c1-4-2-3-5(7)6(4)8/h8H,1-3H2. The summed E-state index contributed by atoms with van der Waals surface area (Å²) in [6, 6.07) is 0. The van der Waals surface area contributed by atoms with Crippen molar-refractivity contribution in [3.8, 4) is 0 Å². The SMILES string of the molecule is C=C1CCC(=O)N1O.